The minimum Gasteiger partial charge on any atom is -0.397 e. The molecule has 0 spiro atoms. The van der Waals surface area contributed by atoms with Crippen LogP contribution in [0.2, 0.25) is 0 Å². The predicted octanol–water partition coefficient (Wildman–Crippen LogP) is 4.03. The lowest BCUT2D eigenvalue weighted by molar-refractivity contribution is 1.12. The molecule has 0 amide bonds. The van der Waals surface area contributed by atoms with Crippen molar-refractivity contribution in [3.05, 3.63) is 37.6 Å². The Morgan fingerprint density at radius 3 is 2.72 bits per heavy atom. The highest BCUT2D eigenvalue weighted by molar-refractivity contribution is 9.10. The highest BCUT2D eigenvalue weighted by atomic mass is 79.9. The fraction of sp³-hybridized carbons (Fsp3) is 0.308. The SMILES string of the molecule is Cc1cc(CNc2ncc(N)c(C)c2Br)sc1C. The second kappa shape index (κ2) is 5.28. The number of halogens is 1. The number of anilines is 2. The van der Waals surface area contributed by atoms with Gasteiger partial charge in [-0.05, 0) is 53.9 Å². The van der Waals surface area contributed by atoms with Crippen molar-refractivity contribution in [2.45, 2.75) is 27.3 Å². The fourth-order valence-corrected chi connectivity index (χ4v) is 3.09. The third-order valence-corrected chi connectivity index (χ3v) is 5.07. The van der Waals surface area contributed by atoms with E-state index in [4.69, 9.17) is 5.73 Å². The van der Waals surface area contributed by atoms with Crippen LogP contribution in [0.1, 0.15) is 20.9 Å². The third-order valence-electron chi connectivity index (χ3n) is 2.95. The molecule has 0 unspecified atom stereocenters. The molecule has 2 heterocycles. The summed E-state index contributed by atoms with van der Waals surface area (Å²) in [5.41, 5.74) is 8.87. The Morgan fingerprint density at radius 1 is 1.39 bits per heavy atom. The number of aromatic nitrogens is 1. The van der Waals surface area contributed by atoms with Crippen LogP contribution in [-0.2, 0) is 6.54 Å². The largest absolute Gasteiger partial charge is 0.397 e. The second-order valence-corrected chi connectivity index (χ2v) is 6.44. The first kappa shape index (κ1) is 13.4. The molecule has 0 aromatic carbocycles. The standard InChI is InChI=1S/C13H16BrN3S/c1-7-4-10(18-9(7)3)5-16-13-12(14)8(2)11(15)6-17-13/h4,6H,5,15H2,1-3H3,(H,16,17). The molecule has 18 heavy (non-hydrogen) atoms. The summed E-state index contributed by atoms with van der Waals surface area (Å²) in [5, 5.41) is 3.33. The summed E-state index contributed by atoms with van der Waals surface area (Å²) < 4.78 is 0.938. The zero-order valence-corrected chi connectivity index (χ0v) is 13.1. The number of thiophene rings is 1. The zero-order chi connectivity index (χ0) is 13.3. The summed E-state index contributed by atoms with van der Waals surface area (Å²) >= 11 is 5.34. The molecule has 2 rings (SSSR count). The van der Waals surface area contributed by atoms with Gasteiger partial charge in [-0.3, -0.25) is 0 Å². The molecule has 0 bridgehead atoms. The number of hydrogen-bond donors (Lipinski definition) is 2. The van der Waals surface area contributed by atoms with Gasteiger partial charge in [-0.1, -0.05) is 0 Å². The number of nitrogens with two attached hydrogens (primary N) is 1. The first-order valence-corrected chi connectivity index (χ1v) is 7.30. The summed E-state index contributed by atoms with van der Waals surface area (Å²) in [4.78, 5) is 6.99. The van der Waals surface area contributed by atoms with E-state index in [-0.39, 0.29) is 0 Å². The minimum atomic E-state index is 0.704. The van der Waals surface area contributed by atoms with Crippen LogP contribution in [0.5, 0.6) is 0 Å². The molecular weight excluding hydrogens is 310 g/mol. The van der Waals surface area contributed by atoms with Gasteiger partial charge in [0.25, 0.3) is 0 Å². The smallest absolute Gasteiger partial charge is 0.141 e. The fourth-order valence-electron chi connectivity index (χ4n) is 1.62. The molecule has 0 saturated heterocycles. The first-order valence-electron chi connectivity index (χ1n) is 5.69. The van der Waals surface area contributed by atoms with Gasteiger partial charge in [-0.2, -0.15) is 0 Å². The number of hydrogen-bond acceptors (Lipinski definition) is 4. The van der Waals surface area contributed by atoms with E-state index >= 15 is 0 Å². The number of rotatable bonds is 3. The van der Waals surface area contributed by atoms with Crippen molar-refractivity contribution < 1.29 is 0 Å². The number of pyridine rings is 1. The maximum atomic E-state index is 5.80. The van der Waals surface area contributed by atoms with E-state index in [1.54, 1.807) is 6.20 Å². The van der Waals surface area contributed by atoms with E-state index < -0.39 is 0 Å². The van der Waals surface area contributed by atoms with Crippen molar-refractivity contribution in [3.63, 3.8) is 0 Å². The Balaban J connectivity index is 2.13. The van der Waals surface area contributed by atoms with Crippen molar-refractivity contribution in [3.8, 4) is 0 Å². The van der Waals surface area contributed by atoms with E-state index in [2.05, 4.69) is 46.1 Å². The monoisotopic (exact) mass is 325 g/mol. The normalized spacial score (nSPS) is 10.7. The molecule has 0 atom stereocenters. The van der Waals surface area contributed by atoms with Crippen LogP contribution in [0, 0.1) is 20.8 Å². The quantitative estimate of drug-likeness (QED) is 0.895. The lowest BCUT2D eigenvalue weighted by Crippen LogP contribution is -2.03. The minimum absolute atomic E-state index is 0.704. The first-order chi connectivity index (χ1) is 8.49. The van der Waals surface area contributed by atoms with Crippen molar-refractivity contribution in [1.29, 1.82) is 0 Å². The number of nitrogen functional groups attached to an aromatic ring is 1. The van der Waals surface area contributed by atoms with Gasteiger partial charge >= 0.3 is 0 Å². The van der Waals surface area contributed by atoms with Crippen molar-refractivity contribution >= 4 is 38.8 Å². The number of nitrogens with one attached hydrogen (secondary N) is 1. The molecule has 2 aromatic rings. The van der Waals surface area contributed by atoms with Crippen LogP contribution >= 0.6 is 27.3 Å². The molecule has 96 valence electrons. The second-order valence-electron chi connectivity index (χ2n) is 4.31. The summed E-state index contributed by atoms with van der Waals surface area (Å²) in [5.74, 6) is 0.838. The number of aryl methyl sites for hydroxylation is 2. The van der Waals surface area contributed by atoms with Crippen LogP contribution in [0.15, 0.2) is 16.7 Å². The van der Waals surface area contributed by atoms with Gasteiger partial charge in [0, 0.05) is 9.75 Å². The van der Waals surface area contributed by atoms with Crippen LogP contribution < -0.4 is 11.1 Å². The molecular formula is C13H16BrN3S. The van der Waals surface area contributed by atoms with Gasteiger partial charge < -0.3 is 11.1 Å². The zero-order valence-electron chi connectivity index (χ0n) is 10.7. The summed E-state index contributed by atoms with van der Waals surface area (Å²) in [7, 11) is 0. The molecule has 0 fully saturated rings. The molecule has 0 aliphatic heterocycles. The van der Waals surface area contributed by atoms with E-state index in [0.29, 0.717) is 5.69 Å². The number of nitrogens with zero attached hydrogens (tertiary/aromatic N) is 1. The van der Waals surface area contributed by atoms with Gasteiger partial charge in [-0.25, -0.2) is 4.98 Å². The van der Waals surface area contributed by atoms with Crippen molar-refractivity contribution in [2.75, 3.05) is 11.1 Å². The molecule has 3 nitrogen and oxygen atoms in total. The lowest BCUT2D eigenvalue weighted by atomic mass is 10.2. The van der Waals surface area contributed by atoms with Gasteiger partial charge in [0.15, 0.2) is 0 Å². The molecule has 0 aliphatic carbocycles. The van der Waals surface area contributed by atoms with Crippen LogP contribution in [0.4, 0.5) is 11.5 Å². The Bertz CT molecular complexity index is 558. The predicted molar refractivity (Wildman–Crippen MR) is 82.2 cm³/mol. The Morgan fingerprint density at radius 2 is 2.11 bits per heavy atom. The van der Waals surface area contributed by atoms with Crippen molar-refractivity contribution in [1.82, 2.24) is 4.98 Å². The van der Waals surface area contributed by atoms with E-state index in [0.717, 1.165) is 22.4 Å². The molecule has 0 saturated carbocycles. The maximum absolute atomic E-state index is 5.80. The van der Waals surface area contributed by atoms with Gasteiger partial charge in [0.2, 0.25) is 0 Å². The lowest BCUT2D eigenvalue weighted by Gasteiger charge is -2.09. The van der Waals surface area contributed by atoms with E-state index in [1.165, 1.54) is 15.3 Å². The summed E-state index contributed by atoms with van der Waals surface area (Å²) in [6, 6.07) is 2.21. The van der Waals surface area contributed by atoms with E-state index in [9.17, 15) is 0 Å². The molecule has 2 aromatic heterocycles. The molecule has 0 aliphatic rings. The summed E-state index contributed by atoms with van der Waals surface area (Å²) in [6.45, 7) is 7.04. The van der Waals surface area contributed by atoms with Crippen molar-refractivity contribution in [2.24, 2.45) is 0 Å². The Labute approximate surface area is 120 Å². The Kier molecular flexibility index (Phi) is 3.92. The topological polar surface area (TPSA) is 50.9 Å². The average molecular weight is 326 g/mol. The maximum Gasteiger partial charge on any atom is 0.141 e. The molecule has 5 heteroatoms. The Hall–Kier alpha value is -1.07. The van der Waals surface area contributed by atoms with Crippen LogP contribution in [-0.4, -0.2) is 4.98 Å². The van der Waals surface area contributed by atoms with E-state index in [1.807, 2.05) is 18.3 Å². The molecule has 3 N–H and O–H groups in total. The van der Waals surface area contributed by atoms with Crippen LogP contribution in [0.3, 0.4) is 0 Å². The highest BCUT2D eigenvalue weighted by Crippen LogP contribution is 2.28. The van der Waals surface area contributed by atoms with Gasteiger partial charge in [0.1, 0.15) is 5.82 Å². The molecule has 0 radical (unpaired) electrons. The summed E-state index contributed by atoms with van der Waals surface area (Å²) in [6.07, 6.45) is 1.69. The van der Waals surface area contributed by atoms with Gasteiger partial charge in [0.05, 0.1) is 22.9 Å². The van der Waals surface area contributed by atoms with Gasteiger partial charge in [-0.15, -0.1) is 11.3 Å². The third kappa shape index (κ3) is 2.67. The highest BCUT2D eigenvalue weighted by Gasteiger charge is 2.08. The van der Waals surface area contributed by atoms with Crippen LogP contribution in [0.25, 0.3) is 0 Å². The average Bonchev–Trinajstić information content (AvgIpc) is 2.65.